The molecule has 0 amide bonds. The van der Waals surface area contributed by atoms with Crippen molar-refractivity contribution in [2.24, 2.45) is 11.8 Å². The predicted octanol–water partition coefficient (Wildman–Crippen LogP) is 3.32. The molecule has 0 rings (SSSR count). The van der Waals surface area contributed by atoms with E-state index in [0.29, 0.717) is 6.42 Å². The van der Waals surface area contributed by atoms with Gasteiger partial charge in [-0.05, 0) is 12.3 Å². The average molecular weight is 195 g/mol. The van der Waals surface area contributed by atoms with E-state index in [2.05, 4.69) is 13.0 Å². The van der Waals surface area contributed by atoms with E-state index in [1.165, 1.54) is 12.8 Å². The van der Waals surface area contributed by atoms with Gasteiger partial charge in [0.2, 0.25) is 0 Å². The Morgan fingerprint density at radius 2 is 1.93 bits per heavy atom. The van der Waals surface area contributed by atoms with Crippen molar-refractivity contribution in [2.75, 3.05) is 0 Å². The number of nitrogens with zero attached hydrogens (tertiary/aromatic N) is 1. The molecule has 0 aromatic carbocycles. The highest BCUT2D eigenvalue weighted by atomic mass is 16.1. The third-order valence-electron chi connectivity index (χ3n) is 2.43. The number of hydrogen-bond donors (Lipinski definition) is 0. The van der Waals surface area contributed by atoms with Crippen LogP contribution in [0.1, 0.15) is 52.9 Å². The van der Waals surface area contributed by atoms with E-state index < -0.39 is 5.92 Å². The highest BCUT2D eigenvalue weighted by Crippen LogP contribution is 2.15. The molecular weight excluding hydrogens is 174 g/mol. The second kappa shape index (κ2) is 7.55. The van der Waals surface area contributed by atoms with Gasteiger partial charge in [-0.25, -0.2) is 0 Å². The Balaban J connectivity index is 3.78. The van der Waals surface area contributed by atoms with Crippen molar-refractivity contribution in [3.63, 3.8) is 0 Å². The number of carbonyl (C=O) groups is 1. The second-order valence-electron chi connectivity index (χ2n) is 4.13. The number of Topliss-reactive ketones (excluding diaryl/α,β-unsaturated/α-hetero) is 1. The van der Waals surface area contributed by atoms with E-state index in [1.807, 2.05) is 13.8 Å². The van der Waals surface area contributed by atoms with Crippen molar-refractivity contribution in [1.29, 1.82) is 5.26 Å². The molecule has 1 unspecified atom stereocenters. The summed E-state index contributed by atoms with van der Waals surface area (Å²) in [6, 6.07) is 2.09. The molecule has 0 saturated carbocycles. The maximum Gasteiger partial charge on any atom is 0.150 e. The Hall–Kier alpha value is -0.840. The molecule has 2 nitrogen and oxygen atoms in total. The van der Waals surface area contributed by atoms with Crippen molar-refractivity contribution in [2.45, 2.75) is 52.9 Å². The summed E-state index contributed by atoms with van der Waals surface area (Å²) in [4.78, 5) is 11.6. The van der Waals surface area contributed by atoms with Crippen LogP contribution in [0, 0.1) is 23.2 Å². The molecule has 0 aliphatic heterocycles. The van der Waals surface area contributed by atoms with Gasteiger partial charge in [0.05, 0.1) is 6.07 Å². The highest BCUT2D eigenvalue weighted by Gasteiger charge is 2.20. The molecule has 80 valence electrons. The number of rotatable bonds is 7. The van der Waals surface area contributed by atoms with Crippen LogP contribution in [0.2, 0.25) is 0 Å². The molecular formula is C12H21NO. The number of ketones is 1. The average Bonchev–Trinajstić information content (AvgIpc) is 2.13. The Labute approximate surface area is 87.3 Å². The molecule has 0 bridgehead atoms. The van der Waals surface area contributed by atoms with Gasteiger partial charge in [0, 0.05) is 6.42 Å². The smallest absolute Gasteiger partial charge is 0.150 e. The fourth-order valence-electron chi connectivity index (χ4n) is 1.47. The van der Waals surface area contributed by atoms with Crippen LogP contribution in [0.15, 0.2) is 0 Å². The fraction of sp³-hybridized carbons (Fsp3) is 0.833. The molecule has 0 aromatic rings. The first kappa shape index (κ1) is 13.2. The van der Waals surface area contributed by atoms with Crippen molar-refractivity contribution in [3.05, 3.63) is 0 Å². The van der Waals surface area contributed by atoms with Gasteiger partial charge in [-0.1, -0.05) is 40.0 Å². The van der Waals surface area contributed by atoms with Crippen molar-refractivity contribution in [3.8, 4) is 6.07 Å². The summed E-state index contributed by atoms with van der Waals surface area (Å²) >= 11 is 0. The molecule has 0 aromatic heterocycles. The third kappa shape index (κ3) is 5.01. The lowest BCUT2D eigenvalue weighted by molar-refractivity contribution is -0.122. The Morgan fingerprint density at radius 1 is 1.29 bits per heavy atom. The lowest BCUT2D eigenvalue weighted by Crippen LogP contribution is -2.18. The highest BCUT2D eigenvalue weighted by molar-refractivity contribution is 5.83. The van der Waals surface area contributed by atoms with Gasteiger partial charge in [0.15, 0.2) is 0 Å². The molecule has 0 spiro atoms. The summed E-state index contributed by atoms with van der Waals surface area (Å²) in [7, 11) is 0. The molecule has 14 heavy (non-hydrogen) atoms. The van der Waals surface area contributed by atoms with Crippen LogP contribution in [0.4, 0.5) is 0 Å². The quantitative estimate of drug-likeness (QED) is 0.585. The van der Waals surface area contributed by atoms with Gasteiger partial charge < -0.3 is 0 Å². The zero-order chi connectivity index (χ0) is 11.0. The fourth-order valence-corrected chi connectivity index (χ4v) is 1.47. The summed E-state index contributed by atoms with van der Waals surface area (Å²) in [5.41, 5.74) is 0. The third-order valence-corrected chi connectivity index (χ3v) is 2.43. The van der Waals surface area contributed by atoms with Gasteiger partial charge in [-0.15, -0.1) is 0 Å². The maximum atomic E-state index is 11.6. The standard InChI is InChI=1S/C12H21NO/c1-4-5-6-7-8-12(14)11(9-13)10(2)3/h10-11H,4-8H2,1-3H3. The number of carbonyl (C=O) groups excluding carboxylic acids is 1. The van der Waals surface area contributed by atoms with E-state index >= 15 is 0 Å². The summed E-state index contributed by atoms with van der Waals surface area (Å²) in [6.07, 6.45) is 5.00. The molecule has 0 saturated heterocycles. The van der Waals surface area contributed by atoms with Crippen LogP contribution in [0.5, 0.6) is 0 Å². The van der Waals surface area contributed by atoms with E-state index in [0.717, 1.165) is 12.8 Å². The Bertz CT molecular complexity index is 203. The zero-order valence-electron chi connectivity index (χ0n) is 9.55. The van der Waals surface area contributed by atoms with Gasteiger partial charge in [-0.3, -0.25) is 4.79 Å². The van der Waals surface area contributed by atoms with Crippen LogP contribution in [0.3, 0.4) is 0 Å². The first-order chi connectivity index (χ1) is 6.63. The second-order valence-corrected chi connectivity index (χ2v) is 4.13. The number of nitriles is 1. The van der Waals surface area contributed by atoms with Crippen molar-refractivity contribution in [1.82, 2.24) is 0 Å². The molecule has 0 fully saturated rings. The van der Waals surface area contributed by atoms with Crippen LogP contribution in [0.25, 0.3) is 0 Å². The summed E-state index contributed by atoms with van der Waals surface area (Å²) < 4.78 is 0. The van der Waals surface area contributed by atoms with Crippen LogP contribution in [-0.2, 0) is 4.79 Å². The largest absolute Gasteiger partial charge is 0.298 e. The van der Waals surface area contributed by atoms with Crippen LogP contribution < -0.4 is 0 Å². The first-order valence-corrected chi connectivity index (χ1v) is 5.55. The minimum atomic E-state index is -0.392. The maximum absolute atomic E-state index is 11.6. The normalized spacial score (nSPS) is 12.5. The minimum Gasteiger partial charge on any atom is -0.298 e. The summed E-state index contributed by atoms with van der Waals surface area (Å²) in [5, 5.41) is 8.80. The summed E-state index contributed by atoms with van der Waals surface area (Å²) in [6.45, 7) is 6.00. The van der Waals surface area contributed by atoms with E-state index in [4.69, 9.17) is 5.26 Å². The van der Waals surface area contributed by atoms with Crippen molar-refractivity contribution < 1.29 is 4.79 Å². The van der Waals surface area contributed by atoms with Crippen LogP contribution in [-0.4, -0.2) is 5.78 Å². The molecule has 0 aliphatic rings. The molecule has 2 heteroatoms. The lowest BCUT2D eigenvalue weighted by atomic mass is 9.90. The zero-order valence-corrected chi connectivity index (χ0v) is 9.55. The Morgan fingerprint density at radius 3 is 2.36 bits per heavy atom. The molecule has 0 N–H and O–H groups in total. The van der Waals surface area contributed by atoms with Gasteiger partial charge in [0.1, 0.15) is 11.7 Å². The Kier molecular flexibility index (Phi) is 7.10. The van der Waals surface area contributed by atoms with Crippen molar-refractivity contribution >= 4 is 5.78 Å². The van der Waals surface area contributed by atoms with Gasteiger partial charge in [-0.2, -0.15) is 5.26 Å². The number of hydrogen-bond acceptors (Lipinski definition) is 2. The SMILES string of the molecule is CCCCCCC(=O)C(C#N)C(C)C. The monoisotopic (exact) mass is 195 g/mol. The lowest BCUT2D eigenvalue weighted by Gasteiger charge is -2.10. The minimum absolute atomic E-state index is 0.124. The first-order valence-electron chi connectivity index (χ1n) is 5.55. The van der Waals surface area contributed by atoms with E-state index in [-0.39, 0.29) is 11.7 Å². The van der Waals surface area contributed by atoms with Gasteiger partial charge >= 0.3 is 0 Å². The summed E-state index contributed by atoms with van der Waals surface area (Å²) in [5.74, 6) is -0.117. The van der Waals surface area contributed by atoms with E-state index in [1.54, 1.807) is 0 Å². The molecule has 0 heterocycles. The van der Waals surface area contributed by atoms with E-state index in [9.17, 15) is 4.79 Å². The van der Waals surface area contributed by atoms with Gasteiger partial charge in [0.25, 0.3) is 0 Å². The molecule has 1 atom stereocenters. The topological polar surface area (TPSA) is 40.9 Å². The van der Waals surface area contributed by atoms with Crippen LogP contribution >= 0.6 is 0 Å². The molecule has 0 radical (unpaired) electrons. The predicted molar refractivity (Wildman–Crippen MR) is 57.7 cm³/mol. The molecule has 0 aliphatic carbocycles. The number of unbranched alkanes of at least 4 members (excludes halogenated alkanes) is 3.